The standard InChI is InChI=1S/C20H21N5O3/c1-27-15-4-2-3-13(9-15)16-10-17(23-22-16)20(26)25-8-7-14(11-25)19-21-18(24-28-19)12-5-6-12/h2-4,9-10,12,14H,5-8,11H2,1H3,(H,22,23). The van der Waals surface area contributed by atoms with E-state index in [1.807, 2.05) is 29.2 Å². The average Bonchev–Trinajstić information content (AvgIpc) is 3.17. The second-order valence-electron chi connectivity index (χ2n) is 7.40. The van der Waals surface area contributed by atoms with Crippen LogP contribution < -0.4 is 4.74 Å². The molecule has 1 aliphatic heterocycles. The normalized spacial score (nSPS) is 19.2. The van der Waals surface area contributed by atoms with E-state index in [9.17, 15) is 4.79 Å². The molecule has 8 heteroatoms. The van der Waals surface area contributed by atoms with Crippen molar-refractivity contribution in [3.63, 3.8) is 0 Å². The van der Waals surface area contributed by atoms with E-state index in [2.05, 4.69) is 20.3 Å². The maximum absolute atomic E-state index is 12.9. The molecule has 28 heavy (non-hydrogen) atoms. The Bertz CT molecular complexity index is 1010. The maximum Gasteiger partial charge on any atom is 0.271 e. The van der Waals surface area contributed by atoms with Crippen molar-refractivity contribution >= 4 is 5.91 Å². The first-order chi connectivity index (χ1) is 13.7. The average molecular weight is 379 g/mol. The molecule has 1 amide bonds. The summed E-state index contributed by atoms with van der Waals surface area (Å²) in [6.07, 6.45) is 3.11. The molecule has 1 N–H and O–H groups in total. The topological polar surface area (TPSA) is 97.1 Å². The molecule has 1 aliphatic carbocycles. The van der Waals surface area contributed by atoms with Gasteiger partial charge in [0.1, 0.15) is 11.4 Å². The summed E-state index contributed by atoms with van der Waals surface area (Å²) in [5.41, 5.74) is 2.08. The van der Waals surface area contributed by atoms with Crippen LogP contribution in [0.15, 0.2) is 34.9 Å². The number of methoxy groups -OCH3 is 1. The van der Waals surface area contributed by atoms with Crippen molar-refractivity contribution in [2.75, 3.05) is 20.2 Å². The summed E-state index contributed by atoms with van der Waals surface area (Å²) in [6.45, 7) is 1.25. The highest BCUT2D eigenvalue weighted by Crippen LogP contribution is 2.39. The number of ether oxygens (including phenoxy) is 1. The summed E-state index contributed by atoms with van der Waals surface area (Å²) >= 11 is 0. The van der Waals surface area contributed by atoms with Gasteiger partial charge in [0.2, 0.25) is 5.89 Å². The molecule has 3 heterocycles. The van der Waals surface area contributed by atoms with Crippen molar-refractivity contribution in [3.8, 4) is 17.0 Å². The van der Waals surface area contributed by atoms with Gasteiger partial charge in [-0.2, -0.15) is 10.1 Å². The fourth-order valence-corrected chi connectivity index (χ4v) is 3.60. The molecule has 2 aliphatic rings. The molecule has 5 rings (SSSR count). The minimum Gasteiger partial charge on any atom is -0.497 e. The summed E-state index contributed by atoms with van der Waals surface area (Å²) in [7, 11) is 1.62. The highest BCUT2D eigenvalue weighted by atomic mass is 16.5. The van der Waals surface area contributed by atoms with Crippen LogP contribution in [0.4, 0.5) is 0 Å². The lowest BCUT2D eigenvalue weighted by atomic mass is 10.1. The number of likely N-dealkylation sites (tertiary alicyclic amines) is 1. The maximum atomic E-state index is 12.9. The number of nitrogens with one attached hydrogen (secondary N) is 1. The van der Waals surface area contributed by atoms with Crippen LogP contribution in [0.25, 0.3) is 11.3 Å². The third kappa shape index (κ3) is 3.15. The van der Waals surface area contributed by atoms with Crippen molar-refractivity contribution in [2.24, 2.45) is 0 Å². The Balaban J connectivity index is 1.28. The van der Waals surface area contributed by atoms with Gasteiger partial charge in [-0.25, -0.2) is 0 Å². The summed E-state index contributed by atoms with van der Waals surface area (Å²) < 4.78 is 10.7. The molecule has 1 aromatic carbocycles. The zero-order chi connectivity index (χ0) is 19.1. The molecule has 1 atom stereocenters. The number of rotatable bonds is 5. The zero-order valence-corrected chi connectivity index (χ0v) is 15.6. The number of hydrogen-bond acceptors (Lipinski definition) is 6. The van der Waals surface area contributed by atoms with Crippen molar-refractivity contribution in [3.05, 3.63) is 47.7 Å². The SMILES string of the molecule is COc1cccc(-c2cc(C(=O)N3CCC(c4nc(C5CC5)no4)C3)[nH]n2)c1. The van der Waals surface area contributed by atoms with Crippen molar-refractivity contribution in [2.45, 2.75) is 31.1 Å². The van der Waals surface area contributed by atoms with Crippen molar-refractivity contribution in [1.29, 1.82) is 0 Å². The summed E-state index contributed by atoms with van der Waals surface area (Å²) in [5.74, 6) is 2.73. The molecule has 8 nitrogen and oxygen atoms in total. The Kier molecular flexibility index (Phi) is 4.11. The van der Waals surface area contributed by atoms with E-state index >= 15 is 0 Å². The van der Waals surface area contributed by atoms with Crippen molar-refractivity contribution < 1.29 is 14.1 Å². The fraction of sp³-hybridized carbons (Fsp3) is 0.400. The van der Waals surface area contributed by atoms with E-state index < -0.39 is 0 Å². The number of carbonyl (C=O) groups is 1. The van der Waals surface area contributed by atoms with E-state index in [4.69, 9.17) is 9.26 Å². The van der Waals surface area contributed by atoms with E-state index in [0.717, 1.165) is 36.4 Å². The van der Waals surface area contributed by atoms with Crippen LogP contribution >= 0.6 is 0 Å². The van der Waals surface area contributed by atoms with Gasteiger partial charge in [0, 0.05) is 24.6 Å². The third-order valence-corrected chi connectivity index (χ3v) is 5.40. The van der Waals surface area contributed by atoms with Gasteiger partial charge in [-0.05, 0) is 37.5 Å². The lowest BCUT2D eigenvalue weighted by Crippen LogP contribution is -2.28. The van der Waals surface area contributed by atoms with Crippen LogP contribution in [-0.4, -0.2) is 51.3 Å². The first-order valence-electron chi connectivity index (χ1n) is 9.54. The van der Waals surface area contributed by atoms with Gasteiger partial charge in [0.05, 0.1) is 18.7 Å². The van der Waals surface area contributed by atoms with Gasteiger partial charge < -0.3 is 14.2 Å². The molecule has 0 radical (unpaired) electrons. The first-order valence-corrected chi connectivity index (χ1v) is 9.54. The van der Waals surface area contributed by atoms with Gasteiger partial charge in [0.25, 0.3) is 5.91 Å². The van der Waals surface area contributed by atoms with Gasteiger partial charge in [-0.15, -0.1) is 0 Å². The predicted molar refractivity (Wildman–Crippen MR) is 100 cm³/mol. The Labute approximate surface area is 161 Å². The lowest BCUT2D eigenvalue weighted by molar-refractivity contribution is 0.0783. The van der Waals surface area contributed by atoms with Crippen LogP contribution in [0.3, 0.4) is 0 Å². The number of benzene rings is 1. The minimum atomic E-state index is -0.0638. The molecule has 3 aromatic rings. The first kappa shape index (κ1) is 17.0. The molecule has 1 saturated heterocycles. The summed E-state index contributed by atoms with van der Waals surface area (Å²) in [4.78, 5) is 19.2. The second kappa shape index (κ2) is 6.78. The molecule has 1 unspecified atom stereocenters. The molecule has 2 aromatic heterocycles. The molecular formula is C20H21N5O3. The van der Waals surface area contributed by atoms with E-state index in [1.54, 1.807) is 13.2 Å². The Hall–Kier alpha value is -3.16. The zero-order valence-electron chi connectivity index (χ0n) is 15.6. The van der Waals surface area contributed by atoms with Crippen molar-refractivity contribution in [1.82, 2.24) is 25.2 Å². The van der Waals surface area contributed by atoms with Crippen LogP contribution in [0, 0.1) is 0 Å². The van der Waals surface area contributed by atoms with Gasteiger partial charge >= 0.3 is 0 Å². The third-order valence-electron chi connectivity index (χ3n) is 5.40. The van der Waals surface area contributed by atoms with E-state index in [0.29, 0.717) is 36.3 Å². The molecule has 2 fully saturated rings. The Morgan fingerprint density at radius 1 is 1.25 bits per heavy atom. The number of carbonyl (C=O) groups excluding carboxylic acids is 1. The number of amides is 1. The number of nitrogens with zero attached hydrogens (tertiary/aromatic N) is 4. The summed E-state index contributed by atoms with van der Waals surface area (Å²) in [5, 5.41) is 11.2. The van der Waals surface area contributed by atoms with E-state index in [-0.39, 0.29) is 11.8 Å². The van der Waals surface area contributed by atoms with Crippen LogP contribution in [0.1, 0.15) is 53.3 Å². The molecule has 0 spiro atoms. The van der Waals surface area contributed by atoms with Crippen LogP contribution in [0.2, 0.25) is 0 Å². The smallest absolute Gasteiger partial charge is 0.271 e. The quantitative estimate of drug-likeness (QED) is 0.732. The van der Waals surface area contributed by atoms with Gasteiger partial charge in [-0.3, -0.25) is 9.89 Å². The highest BCUT2D eigenvalue weighted by molar-refractivity contribution is 5.93. The minimum absolute atomic E-state index is 0.0638. The Morgan fingerprint density at radius 3 is 2.96 bits per heavy atom. The molecule has 144 valence electrons. The fourth-order valence-electron chi connectivity index (χ4n) is 3.60. The van der Waals surface area contributed by atoms with E-state index in [1.165, 1.54) is 0 Å². The number of aromatic nitrogens is 4. The van der Waals surface area contributed by atoms with Crippen LogP contribution in [0.5, 0.6) is 5.75 Å². The van der Waals surface area contributed by atoms with Gasteiger partial charge in [-0.1, -0.05) is 17.3 Å². The Morgan fingerprint density at radius 2 is 2.14 bits per heavy atom. The highest BCUT2D eigenvalue weighted by Gasteiger charge is 2.34. The number of aromatic amines is 1. The predicted octanol–water partition coefficient (Wildman–Crippen LogP) is 2.98. The lowest BCUT2D eigenvalue weighted by Gasteiger charge is -2.14. The molecule has 0 bridgehead atoms. The number of hydrogen-bond donors (Lipinski definition) is 1. The number of H-pyrrole nitrogens is 1. The molecule has 1 saturated carbocycles. The van der Waals surface area contributed by atoms with Crippen LogP contribution in [-0.2, 0) is 0 Å². The second-order valence-corrected chi connectivity index (χ2v) is 7.40. The summed E-state index contributed by atoms with van der Waals surface area (Å²) in [6, 6.07) is 9.38. The largest absolute Gasteiger partial charge is 0.497 e. The van der Waals surface area contributed by atoms with Gasteiger partial charge in [0.15, 0.2) is 5.82 Å². The molecular weight excluding hydrogens is 358 g/mol. The monoisotopic (exact) mass is 379 g/mol.